The number of benzene rings is 4. The molecule has 0 N–H and O–H groups in total. The standard InChI is InChI=1S/C26H29F4N5O.C23H23F3N4O3.C2H6/c1-18(33-12-14-34(15-13-33)25(2,3)4)35(21-8-6-5-7-9-21)17-20-11-10-19(16-22(20)27)23-31-32-24(36-23)26(28,29)30;1-15-12-29(13-16(2)32-15)22(31)30(19-6-4-3-5-7-19)14-17-8-10-18(11-9-17)20-27-28-21(33-20)23(24,25)26;1-2/h5-11,16H,1,12-15,17H2,2-4H3;3-11,15-16H,12-14H2,1-2H3;1-2H3. The highest BCUT2D eigenvalue weighted by Gasteiger charge is 2.39. The molecule has 2 unspecified atom stereocenters. The summed E-state index contributed by atoms with van der Waals surface area (Å²) in [6.45, 7) is 23.6. The van der Waals surface area contributed by atoms with Gasteiger partial charge in [-0.25, -0.2) is 9.18 Å². The van der Waals surface area contributed by atoms with E-state index in [9.17, 15) is 31.1 Å². The first-order valence-corrected chi connectivity index (χ1v) is 23.1. The Kier molecular flexibility index (Phi) is 17.3. The van der Waals surface area contributed by atoms with Gasteiger partial charge in [0.1, 0.15) is 11.6 Å². The third-order valence-corrected chi connectivity index (χ3v) is 11.5. The number of nitrogens with zero attached hydrogens (tertiary/aromatic N) is 9. The van der Waals surface area contributed by atoms with Gasteiger partial charge in [-0.15, -0.1) is 20.4 Å². The van der Waals surface area contributed by atoms with Gasteiger partial charge in [0.15, 0.2) is 0 Å². The number of morpholine rings is 1. The number of ether oxygens (including phenoxy) is 1. The van der Waals surface area contributed by atoms with E-state index in [4.69, 9.17) is 9.15 Å². The van der Waals surface area contributed by atoms with Crippen LogP contribution in [0.25, 0.3) is 22.9 Å². The first kappa shape index (κ1) is 53.5. The predicted molar refractivity (Wildman–Crippen MR) is 255 cm³/mol. The van der Waals surface area contributed by atoms with E-state index in [0.29, 0.717) is 24.2 Å². The van der Waals surface area contributed by atoms with Gasteiger partial charge in [0.05, 0.1) is 25.3 Å². The van der Waals surface area contributed by atoms with Crippen molar-refractivity contribution in [3.8, 4) is 22.9 Å². The molecule has 2 aromatic heterocycles. The highest BCUT2D eigenvalue weighted by molar-refractivity contribution is 5.92. The number of halogens is 7. The van der Waals surface area contributed by atoms with Crippen molar-refractivity contribution in [3.05, 3.63) is 144 Å². The van der Waals surface area contributed by atoms with Gasteiger partial charge >= 0.3 is 30.2 Å². The van der Waals surface area contributed by atoms with Crippen molar-refractivity contribution in [2.24, 2.45) is 0 Å². The molecule has 2 atom stereocenters. The summed E-state index contributed by atoms with van der Waals surface area (Å²) in [5.41, 5.74) is 3.25. The summed E-state index contributed by atoms with van der Waals surface area (Å²) in [6.07, 6.45) is -9.59. The summed E-state index contributed by atoms with van der Waals surface area (Å²) in [5, 5.41) is 12.9. The van der Waals surface area contributed by atoms with Gasteiger partial charge in [-0.05, 0) is 88.7 Å². The monoisotopic (exact) mass is 993 g/mol. The molecule has 2 fully saturated rings. The largest absolute Gasteiger partial charge is 0.470 e. The van der Waals surface area contributed by atoms with Crippen molar-refractivity contribution in [3.63, 3.8) is 0 Å². The van der Waals surface area contributed by atoms with Crippen LogP contribution in [0.4, 0.5) is 46.9 Å². The Morgan fingerprint density at radius 1 is 0.648 bits per heavy atom. The number of hydrogen-bond donors (Lipinski definition) is 0. The Bertz CT molecular complexity index is 2640. The summed E-state index contributed by atoms with van der Waals surface area (Å²) in [5.74, 6) is -3.32. The quantitative estimate of drug-likeness (QED) is 0.122. The molecule has 4 heterocycles. The van der Waals surface area contributed by atoms with Gasteiger partial charge in [-0.1, -0.05) is 75.0 Å². The van der Waals surface area contributed by atoms with E-state index in [0.717, 1.165) is 55.0 Å². The predicted octanol–water partition coefficient (Wildman–Crippen LogP) is 11.8. The van der Waals surface area contributed by atoms with Crippen LogP contribution in [-0.2, 0) is 30.2 Å². The molecule has 0 radical (unpaired) electrons. The molecule has 71 heavy (non-hydrogen) atoms. The van der Waals surface area contributed by atoms with Crippen LogP contribution in [0.3, 0.4) is 0 Å². The maximum Gasteiger partial charge on any atom is 0.470 e. The third kappa shape index (κ3) is 14.0. The molecule has 2 saturated heterocycles. The zero-order valence-corrected chi connectivity index (χ0v) is 40.6. The van der Waals surface area contributed by atoms with Crippen LogP contribution in [0.15, 0.2) is 124 Å². The highest BCUT2D eigenvalue weighted by atomic mass is 19.4. The molecule has 20 heteroatoms. The molecule has 0 aliphatic carbocycles. The summed E-state index contributed by atoms with van der Waals surface area (Å²) in [6, 6.07) is 29.5. The van der Waals surface area contributed by atoms with Crippen LogP contribution in [0.2, 0.25) is 0 Å². The molecule has 0 saturated carbocycles. The number of piperazine rings is 1. The maximum atomic E-state index is 15.2. The van der Waals surface area contributed by atoms with Gasteiger partial charge in [0.25, 0.3) is 0 Å². The number of amides is 2. The molecule has 380 valence electrons. The van der Waals surface area contributed by atoms with Crippen molar-refractivity contribution in [2.45, 2.75) is 91.7 Å². The number of para-hydroxylation sites is 2. The Balaban J connectivity index is 0.000000225. The Morgan fingerprint density at radius 2 is 1.13 bits per heavy atom. The number of hydrogen-bond acceptors (Lipinski definition) is 11. The molecule has 2 aliphatic heterocycles. The van der Waals surface area contributed by atoms with Gasteiger partial charge < -0.3 is 28.3 Å². The molecule has 8 rings (SSSR count). The highest BCUT2D eigenvalue weighted by Crippen LogP contribution is 2.33. The van der Waals surface area contributed by atoms with Crippen molar-refractivity contribution >= 4 is 17.4 Å². The average Bonchev–Trinajstić information content (AvgIpc) is 4.07. The average molecular weight is 994 g/mol. The lowest BCUT2D eigenvalue weighted by Gasteiger charge is -2.45. The van der Waals surface area contributed by atoms with Crippen molar-refractivity contribution in [1.82, 2.24) is 35.1 Å². The topological polar surface area (TPSA) is 120 Å². The second kappa shape index (κ2) is 23.0. The minimum atomic E-state index is -4.77. The van der Waals surface area contributed by atoms with Gasteiger partial charge in [0, 0.05) is 72.9 Å². The number of carbonyl (C=O) groups excluding carboxylic acids is 1. The summed E-state index contributed by atoms with van der Waals surface area (Å²) < 4.78 is 107. The van der Waals surface area contributed by atoms with Crippen molar-refractivity contribution in [1.29, 1.82) is 0 Å². The van der Waals surface area contributed by atoms with Gasteiger partial charge in [-0.3, -0.25) is 9.80 Å². The lowest BCUT2D eigenvalue weighted by atomic mass is 10.0. The number of alkyl halides is 6. The van der Waals surface area contributed by atoms with E-state index >= 15 is 4.39 Å². The van der Waals surface area contributed by atoms with E-state index in [2.05, 4.69) is 62.0 Å². The second-order valence-electron chi connectivity index (χ2n) is 17.7. The van der Waals surface area contributed by atoms with Crippen LogP contribution in [0.1, 0.15) is 71.4 Å². The van der Waals surface area contributed by atoms with E-state index in [1.165, 1.54) is 12.1 Å². The van der Waals surface area contributed by atoms with Crippen LogP contribution < -0.4 is 9.80 Å². The van der Waals surface area contributed by atoms with E-state index in [-0.39, 0.29) is 48.3 Å². The fourth-order valence-corrected chi connectivity index (χ4v) is 7.95. The Hall–Kier alpha value is -6.80. The molecule has 2 amide bonds. The molecule has 4 aromatic carbocycles. The van der Waals surface area contributed by atoms with E-state index in [1.54, 1.807) is 34.1 Å². The lowest BCUT2D eigenvalue weighted by molar-refractivity contribution is -0.157. The zero-order chi connectivity index (χ0) is 51.7. The molecule has 6 aromatic rings. The van der Waals surface area contributed by atoms with Crippen molar-refractivity contribution < 1.29 is 49.1 Å². The first-order valence-electron chi connectivity index (χ1n) is 23.1. The van der Waals surface area contributed by atoms with E-state index in [1.807, 2.05) is 93.3 Å². The molecule has 2 aliphatic rings. The van der Waals surface area contributed by atoms with Crippen LogP contribution >= 0.6 is 0 Å². The molecule has 0 spiro atoms. The normalized spacial score (nSPS) is 16.6. The third-order valence-electron chi connectivity index (χ3n) is 11.5. The minimum absolute atomic E-state index is 0.0643. The second-order valence-corrected chi connectivity index (χ2v) is 17.7. The van der Waals surface area contributed by atoms with Crippen LogP contribution in [-0.4, -0.2) is 98.1 Å². The first-order chi connectivity index (χ1) is 33.6. The lowest BCUT2D eigenvalue weighted by Crippen LogP contribution is -2.54. The number of aromatic nitrogens is 4. The smallest absolute Gasteiger partial charge is 0.413 e. The number of carbonyl (C=O) groups is 1. The SMILES string of the molecule is C=C(N1CCN(C(C)(C)C)CC1)N(Cc1ccc(-c2nnc(C(F)(F)F)o2)cc1F)c1ccccc1.CC.CC1CN(C(=O)N(Cc2ccc(-c3nnc(C(F)(F)F)o3)cc2)c2ccccc2)CC(C)O1. The molecule has 13 nitrogen and oxygen atoms in total. The fourth-order valence-electron chi connectivity index (χ4n) is 7.95. The van der Waals surface area contributed by atoms with Gasteiger partial charge in [0.2, 0.25) is 11.8 Å². The van der Waals surface area contributed by atoms with E-state index < -0.39 is 35.8 Å². The Labute approximate surface area is 408 Å². The zero-order valence-electron chi connectivity index (χ0n) is 40.6. The number of urea groups is 1. The Morgan fingerprint density at radius 3 is 1.59 bits per heavy atom. The molecule has 0 bridgehead atoms. The van der Waals surface area contributed by atoms with Crippen LogP contribution in [0.5, 0.6) is 0 Å². The molecular formula is C51H58F7N9O4. The van der Waals surface area contributed by atoms with Crippen molar-refractivity contribution in [2.75, 3.05) is 49.1 Å². The minimum Gasteiger partial charge on any atom is -0.413 e. The summed E-state index contributed by atoms with van der Waals surface area (Å²) in [4.78, 5) is 23.4. The molecular weight excluding hydrogens is 936 g/mol. The summed E-state index contributed by atoms with van der Waals surface area (Å²) >= 11 is 0. The maximum absolute atomic E-state index is 15.2. The summed E-state index contributed by atoms with van der Waals surface area (Å²) in [7, 11) is 0. The fraction of sp³-hybridized carbons (Fsp3) is 0.392. The number of rotatable bonds is 10. The van der Waals surface area contributed by atoms with Crippen LogP contribution in [0, 0.1) is 5.82 Å². The van der Waals surface area contributed by atoms with Gasteiger partial charge in [-0.2, -0.15) is 26.3 Å². The number of anilines is 2.